The quantitative estimate of drug-likeness (QED) is 0.540. The maximum atomic E-state index is 13.3. The van der Waals surface area contributed by atoms with Crippen molar-refractivity contribution in [1.82, 2.24) is 5.32 Å². The predicted octanol–water partition coefficient (Wildman–Crippen LogP) is 4.55. The Balaban J connectivity index is 1.89. The molecule has 0 fully saturated rings. The summed E-state index contributed by atoms with van der Waals surface area (Å²) in [4.78, 5) is 20.4. The van der Waals surface area contributed by atoms with E-state index in [1.807, 2.05) is 49.5 Å². The minimum absolute atomic E-state index is 0.143. The van der Waals surface area contributed by atoms with Gasteiger partial charge in [0, 0.05) is 23.9 Å². The molecule has 3 atom stereocenters. The van der Waals surface area contributed by atoms with Gasteiger partial charge in [0.15, 0.2) is 0 Å². The zero-order chi connectivity index (χ0) is 22.9. The Kier molecular flexibility index (Phi) is 8.63. The van der Waals surface area contributed by atoms with Gasteiger partial charge in [-0.2, -0.15) is 0 Å². The van der Waals surface area contributed by atoms with Crippen molar-refractivity contribution in [2.24, 2.45) is 10.9 Å². The van der Waals surface area contributed by atoms with Crippen LogP contribution in [0.1, 0.15) is 50.2 Å². The standard InChI is InChI=1S/C27H35N3O2/c1-4-6-15-22(24(31)18-7-5-2)27(32)29-25-19-30(3)23-17-12-11-16-21(23)26(28-25)20-13-9-8-10-14-20/h4,8-14,16-17,22,24-25,31H,1,5-7,15,18-19H2,2-3H3,(H,29,32)/t22-,24-,25+/m0/s1. The number of aliphatic hydroxyl groups excluding tert-OH is 1. The molecule has 1 heterocycles. The van der Waals surface area contributed by atoms with Crippen molar-refractivity contribution in [1.29, 1.82) is 0 Å². The van der Waals surface area contributed by atoms with E-state index in [1.165, 1.54) is 0 Å². The largest absolute Gasteiger partial charge is 0.392 e. The third kappa shape index (κ3) is 5.86. The molecule has 1 aliphatic rings. The van der Waals surface area contributed by atoms with Crippen LogP contribution < -0.4 is 10.2 Å². The molecule has 5 heteroatoms. The summed E-state index contributed by atoms with van der Waals surface area (Å²) in [5.41, 5.74) is 4.01. The van der Waals surface area contributed by atoms with Crippen molar-refractivity contribution in [2.45, 2.75) is 51.3 Å². The van der Waals surface area contributed by atoms with Crippen LogP contribution in [0.2, 0.25) is 0 Å². The smallest absolute Gasteiger partial charge is 0.227 e. The predicted molar refractivity (Wildman–Crippen MR) is 132 cm³/mol. The number of carbonyl (C=O) groups excluding carboxylic acids is 1. The van der Waals surface area contributed by atoms with Crippen LogP contribution in [-0.2, 0) is 4.79 Å². The van der Waals surface area contributed by atoms with Crippen LogP contribution in [0.5, 0.6) is 0 Å². The molecule has 1 amide bonds. The van der Waals surface area contributed by atoms with E-state index in [9.17, 15) is 9.90 Å². The molecule has 0 saturated carbocycles. The molecular weight excluding hydrogens is 398 g/mol. The van der Waals surface area contributed by atoms with Crippen LogP contribution in [0.3, 0.4) is 0 Å². The molecule has 170 valence electrons. The van der Waals surface area contributed by atoms with E-state index >= 15 is 0 Å². The van der Waals surface area contributed by atoms with E-state index in [2.05, 4.69) is 35.9 Å². The summed E-state index contributed by atoms with van der Waals surface area (Å²) >= 11 is 0. The van der Waals surface area contributed by atoms with Crippen LogP contribution in [0, 0.1) is 5.92 Å². The van der Waals surface area contributed by atoms with Gasteiger partial charge in [-0.1, -0.05) is 74.4 Å². The Morgan fingerprint density at radius 2 is 1.94 bits per heavy atom. The molecule has 3 rings (SSSR count). The Bertz CT molecular complexity index is 926. The van der Waals surface area contributed by atoms with Gasteiger partial charge in [-0.25, -0.2) is 0 Å². The van der Waals surface area contributed by atoms with Gasteiger partial charge < -0.3 is 15.3 Å². The van der Waals surface area contributed by atoms with Crippen molar-refractivity contribution in [3.8, 4) is 0 Å². The molecule has 0 aromatic heterocycles. The van der Waals surface area contributed by atoms with Gasteiger partial charge in [0.05, 0.1) is 24.3 Å². The molecule has 0 aliphatic carbocycles. The van der Waals surface area contributed by atoms with Crippen molar-refractivity contribution in [3.63, 3.8) is 0 Å². The van der Waals surface area contributed by atoms with Crippen molar-refractivity contribution in [3.05, 3.63) is 78.4 Å². The van der Waals surface area contributed by atoms with Gasteiger partial charge in [-0.05, 0) is 25.3 Å². The lowest BCUT2D eigenvalue weighted by molar-refractivity contribution is -0.129. The van der Waals surface area contributed by atoms with Gasteiger partial charge in [0.25, 0.3) is 0 Å². The van der Waals surface area contributed by atoms with Crippen LogP contribution in [0.25, 0.3) is 0 Å². The summed E-state index contributed by atoms with van der Waals surface area (Å²) in [7, 11) is 2.02. The van der Waals surface area contributed by atoms with Gasteiger partial charge in [0.1, 0.15) is 6.17 Å². The zero-order valence-corrected chi connectivity index (χ0v) is 19.2. The summed E-state index contributed by atoms with van der Waals surface area (Å²) < 4.78 is 0. The minimum atomic E-state index is -0.659. The topological polar surface area (TPSA) is 64.9 Å². The third-order valence-corrected chi connectivity index (χ3v) is 5.99. The van der Waals surface area contributed by atoms with Crippen molar-refractivity contribution >= 4 is 17.3 Å². The average Bonchev–Trinajstić information content (AvgIpc) is 2.95. The highest BCUT2D eigenvalue weighted by atomic mass is 16.3. The molecule has 5 nitrogen and oxygen atoms in total. The number of carbonyl (C=O) groups is 1. The molecule has 1 aliphatic heterocycles. The molecule has 0 spiro atoms. The highest BCUT2D eigenvalue weighted by Crippen LogP contribution is 2.27. The monoisotopic (exact) mass is 433 g/mol. The van der Waals surface area contributed by atoms with Gasteiger partial charge in [-0.15, -0.1) is 6.58 Å². The number of likely N-dealkylation sites (N-methyl/N-ethyl adjacent to an activating group) is 1. The number of nitrogens with zero attached hydrogens (tertiary/aromatic N) is 2. The Labute approximate surface area is 191 Å². The summed E-state index contributed by atoms with van der Waals surface area (Å²) in [6.45, 7) is 6.42. The average molecular weight is 434 g/mol. The fourth-order valence-electron chi connectivity index (χ4n) is 4.22. The molecular formula is C27H35N3O2. The number of rotatable bonds is 10. The first-order chi connectivity index (χ1) is 15.5. The number of para-hydroxylation sites is 1. The lowest BCUT2D eigenvalue weighted by Crippen LogP contribution is -2.46. The first-order valence-electron chi connectivity index (χ1n) is 11.6. The Hall–Kier alpha value is -2.92. The number of fused-ring (bicyclic) bond motifs is 1. The fraction of sp³-hybridized carbons (Fsp3) is 0.407. The molecule has 2 aromatic carbocycles. The minimum Gasteiger partial charge on any atom is -0.392 e. The molecule has 2 aromatic rings. The van der Waals surface area contributed by atoms with Crippen molar-refractivity contribution in [2.75, 3.05) is 18.5 Å². The number of hydrogen-bond acceptors (Lipinski definition) is 4. The number of benzodiazepines with no additional fused rings is 1. The highest BCUT2D eigenvalue weighted by molar-refractivity contribution is 6.16. The normalized spacial score (nSPS) is 17.5. The van der Waals surface area contributed by atoms with Gasteiger partial charge >= 0.3 is 0 Å². The summed E-state index contributed by atoms with van der Waals surface area (Å²) in [5, 5.41) is 13.8. The Morgan fingerprint density at radius 1 is 1.22 bits per heavy atom. The number of anilines is 1. The molecule has 0 radical (unpaired) electrons. The second-order valence-electron chi connectivity index (χ2n) is 8.45. The van der Waals surface area contributed by atoms with E-state index in [0.29, 0.717) is 25.8 Å². The van der Waals surface area contributed by atoms with Crippen LogP contribution in [0.4, 0.5) is 5.69 Å². The van der Waals surface area contributed by atoms with E-state index in [-0.39, 0.29) is 5.91 Å². The van der Waals surface area contributed by atoms with E-state index in [4.69, 9.17) is 4.99 Å². The van der Waals surface area contributed by atoms with E-state index in [1.54, 1.807) is 6.08 Å². The third-order valence-electron chi connectivity index (χ3n) is 5.99. The SMILES string of the molecule is C=CCC[C@H](C(=O)N[C@@H]1CN(C)c2ccccc2C(c2ccccc2)=N1)[C@@H](O)CCCC. The summed E-state index contributed by atoms with van der Waals surface area (Å²) in [6, 6.07) is 18.3. The van der Waals surface area contributed by atoms with E-state index in [0.717, 1.165) is 35.4 Å². The van der Waals surface area contributed by atoms with Crippen molar-refractivity contribution < 1.29 is 9.90 Å². The van der Waals surface area contributed by atoms with Crippen LogP contribution in [-0.4, -0.2) is 42.6 Å². The highest BCUT2D eigenvalue weighted by Gasteiger charge is 2.29. The number of amides is 1. The fourth-order valence-corrected chi connectivity index (χ4v) is 4.22. The molecule has 0 bridgehead atoms. The first kappa shape index (κ1) is 23.7. The number of benzene rings is 2. The summed E-state index contributed by atoms with van der Waals surface area (Å²) in [6.07, 6.45) is 4.51. The summed E-state index contributed by atoms with van der Waals surface area (Å²) in [5.74, 6) is -0.609. The first-order valence-corrected chi connectivity index (χ1v) is 11.6. The molecule has 0 unspecified atom stereocenters. The van der Waals surface area contributed by atoms with Gasteiger partial charge in [-0.3, -0.25) is 9.79 Å². The number of hydrogen-bond donors (Lipinski definition) is 2. The van der Waals surface area contributed by atoms with Crippen LogP contribution >= 0.6 is 0 Å². The second kappa shape index (κ2) is 11.6. The maximum Gasteiger partial charge on any atom is 0.227 e. The molecule has 0 saturated heterocycles. The number of nitrogens with one attached hydrogen (secondary N) is 1. The number of aliphatic hydroxyl groups is 1. The number of unbranched alkanes of at least 4 members (excludes halogenated alkanes) is 1. The number of aliphatic imine (C=N–C) groups is 1. The van der Waals surface area contributed by atoms with E-state index < -0.39 is 18.2 Å². The number of allylic oxidation sites excluding steroid dienone is 1. The molecule has 2 N–H and O–H groups in total. The second-order valence-corrected chi connectivity index (χ2v) is 8.45. The van der Waals surface area contributed by atoms with Gasteiger partial charge in [0.2, 0.25) is 5.91 Å². The lowest BCUT2D eigenvalue weighted by Gasteiger charge is -2.26. The van der Waals surface area contributed by atoms with Crippen LogP contribution in [0.15, 0.2) is 72.2 Å². The zero-order valence-electron chi connectivity index (χ0n) is 19.2. The molecule has 32 heavy (non-hydrogen) atoms. The lowest BCUT2D eigenvalue weighted by atomic mass is 9.92. The Morgan fingerprint density at radius 3 is 2.66 bits per heavy atom. The maximum absolute atomic E-state index is 13.3.